The van der Waals surface area contributed by atoms with Gasteiger partial charge in [0.2, 0.25) is 0 Å². The third kappa shape index (κ3) is 3.27. The molecule has 0 saturated carbocycles. The van der Waals surface area contributed by atoms with E-state index in [1.807, 2.05) is 24.0 Å². The highest BCUT2D eigenvalue weighted by atomic mass is 16.5. The first-order valence-corrected chi connectivity index (χ1v) is 8.28. The molecule has 5 nitrogen and oxygen atoms in total. The van der Waals surface area contributed by atoms with Crippen molar-refractivity contribution in [3.8, 4) is 17.2 Å². The quantitative estimate of drug-likeness (QED) is 0.854. The maximum Gasteiger partial charge on any atom is 0.254 e. The Balaban J connectivity index is 1.93. The van der Waals surface area contributed by atoms with Gasteiger partial charge < -0.3 is 19.1 Å². The molecule has 132 valence electrons. The van der Waals surface area contributed by atoms with Gasteiger partial charge in [0, 0.05) is 18.2 Å². The van der Waals surface area contributed by atoms with Crippen molar-refractivity contribution in [1.29, 1.82) is 0 Å². The number of amides is 1. The summed E-state index contributed by atoms with van der Waals surface area (Å²) >= 11 is 0. The van der Waals surface area contributed by atoms with E-state index in [1.165, 1.54) is 5.56 Å². The first-order valence-electron chi connectivity index (χ1n) is 8.28. The molecule has 1 unspecified atom stereocenters. The van der Waals surface area contributed by atoms with Crippen LogP contribution in [0.25, 0.3) is 0 Å². The molecule has 0 bridgehead atoms. The van der Waals surface area contributed by atoms with Crippen LogP contribution in [0.1, 0.15) is 34.5 Å². The van der Waals surface area contributed by atoms with Gasteiger partial charge in [-0.1, -0.05) is 6.07 Å². The third-order valence-electron chi connectivity index (χ3n) is 4.75. The van der Waals surface area contributed by atoms with Crippen LogP contribution in [0.3, 0.4) is 0 Å². The first kappa shape index (κ1) is 17.1. The van der Waals surface area contributed by atoms with Gasteiger partial charge in [-0.15, -0.1) is 0 Å². The molecule has 0 spiro atoms. The van der Waals surface area contributed by atoms with E-state index >= 15 is 0 Å². The summed E-state index contributed by atoms with van der Waals surface area (Å²) in [5.74, 6) is 1.99. The second kappa shape index (κ2) is 7.05. The molecule has 0 N–H and O–H groups in total. The molecule has 5 heteroatoms. The normalized spacial score (nSPS) is 16.2. The molecule has 2 aromatic carbocycles. The Kier molecular flexibility index (Phi) is 4.83. The zero-order valence-electron chi connectivity index (χ0n) is 15.0. The Morgan fingerprint density at radius 2 is 1.60 bits per heavy atom. The molecule has 3 rings (SSSR count). The molecule has 1 amide bonds. The van der Waals surface area contributed by atoms with Gasteiger partial charge >= 0.3 is 0 Å². The molecule has 0 radical (unpaired) electrons. The van der Waals surface area contributed by atoms with Crippen molar-refractivity contribution in [2.45, 2.75) is 19.4 Å². The molecule has 25 heavy (non-hydrogen) atoms. The lowest BCUT2D eigenvalue weighted by atomic mass is 9.92. The largest absolute Gasteiger partial charge is 0.497 e. The van der Waals surface area contributed by atoms with Gasteiger partial charge in [-0.25, -0.2) is 0 Å². The summed E-state index contributed by atoms with van der Waals surface area (Å²) < 4.78 is 15.9. The van der Waals surface area contributed by atoms with Crippen molar-refractivity contribution in [1.82, 2.24) is 4.90 Å². The van der Waals surface area contributed by atoms with Crippen molar-refractivity contribution >= 4 is 5.91 Å². The standard InChI is InChI=1S/C20H23NO4/c1-13-19-12-16(23-2)6-5-14(19)7-8-21(13)20(22)15-9-17(24-3)11-18(10-15)25-4/h5-6,9-13H,7-8H2,1-4H3. The zero-order chi connectivity index (χ0) is 18.0. The summed E-state index contributed by atoms with van der Waals surface area (Å²) in [4.78, 5) is 15.0. The van der Waals surface area contributed by atoms with Crippen molar-refractivity contribution in [3.05, 3.63) is 53.1 Å². The van der Waals surface area contributed by atoms with Gasteiger partial charge in [0.1, 0.15) is 17.2 Å². The smallest absolute Gasteiger partial charge is 0.254 e. The van der Waals surface area contributed by atoms with Crippen LogP contribution in [0.5, 0.6) is 17.2 Å². The lowest BCUT2D eigenvalue weighted by Gasteiger charge is -2.35. The Morgan fingerprint density at radius 3 is 2.20 bits per heavy atom. The number of hydrogen-bond acceptors (Lipinski definition) is 4. The molecule has 0 aromatic heterocycles. The second-order valence-corrected chi connectivity index (χ2v) is 6.09. The highest BCUT2D eigenvalue weighted by molar-refractivity contribution is 5.95. The van der Waals surface area contributed by atoms with Gasteiger partial charge in [0.15, 0.2) is 0 Å². The molecule has 1 atom stereocenters. The minimum Gasteiger partial charge on any atom is -0.497 e. The van der Waals surface area contributed by atoms with Crippen LogP contribution in [0.4, 0.5) is 0 Å². The summed E-state index contributed by atoms with van der Waals surface area (Å²) in [6, 6.07) is 11.3. The number of methoxy groups -OCH3 is 3. The van der Waals surface area contributed by atoms with Gasteiger partial charge in [0.25, 0.3) is 5.91 Å². The maximum absolute atomic E-state index is 13.1. The minimum absolute atomic E-state index is 0.0245. The summed E-state index contributed by atoms with van der Waals surface area (Å²) in [7, 11) is 4.81. The number of carbonyl (C=O) groups is 1. The average Bonchev–Trinajstić information content (AvgIpc) is 2.67. The van der Waals surface area contributed by atoms with Gasteiger partial charge in [-0.3, -0.25) is 4.79 Å². The third-order valence-corrected chi connectivity index (χ3v) is 4.75. The maximum atomic E-state index is 13.1. The topological polar surface area (TPSA) is 48.0 Å². The Hall–Kier alpha value is -2.69. The summed E-state index contributed by atoms with van der Waals surface area (Å²) in [5.41, 5.74) is 2.96. The van der Waals surface area contributed by atoms with Gasteiger partial charge in [-0.05, 0) is 48.7 Å². The van der Waals surface area contributed by atoms with Gasteiger partial charge in [0.05, 0.1) is 27.4 Å². The predicted molar refractivity (Wildman–Crippen MR) is 95.7 cm³/mol. The monoisotopic (exact) mass is 341 g/mol. The van der Waals surface area contributed by atoms with Crippen LogP contribution < -0.4 is 14.2 Å². The van der Waals surface area contributed by atoms with Crippen LogP contribution in [0, 0.1) is 0 Å². The molecular weight excluding hydrogens is 318 g/mol. The van der Waals surface area contributed by atoms with E-state index in [-0.39, 0.29) is 11.9 Å². The highest BCUT2D eigenvalue weighted by Gasteiger charge is 2.29. The molecular formula is C20H23NO4. The highest BCUT2D eigenvalue weighted by Crippen LogP contribution is 2.34. The molecule has 2 aromatic rings. The molecule has 1 heterocycles. The van der Waals surface area contributed by atoms with Crippen LogP contribution in [0.15, 0.2) is 36.4 Å². The number of benzene rings is 2. The van der Waals surface area contributed by atoms with Gasteiger partial charge in [-0.2, -0.15) is 0 Å². The van der Waals surface area contributed by atoms with E-state index in [9.17, 15) is 4.79 Å². The van der Waals surface area contributed by atoms with Crippen LogP contribution >= 0.6 is 0 Å². The van der Waals surface area contributed by atoms with Crippen molar-refractivity contribution in [2.24, 2.45) is 0 Å². The number of carbonyl (C=O) groups excluding carboxylic acids is 1. The molecule has 0 aliphatic carbocycles. The minimum atomic E-state index is -0.0295. The van der Waals surface area contributed by atoms with E-state index in [2.05, 4.69) is 6.07 Å². The second-order valence-electron chi connectivity index (χ2n) is 6.09. The fraction of sp³-hybridized carbons (Fsp3) is 0.350. The number of ether oxygens (including phenoxy) is 3. The van der Waals surface area contributed by atoms with Crippen molar-refractivity contribution in [3.63, 3.8) is 0 Å². The van der Waals surface area contributed by atoms with E-state index < -0.39 is 0 Å². The van der Waals surface area contributed by atoms with Crippen molar-refractivity contribution < 1.29 is 19.0 Å². The number of rotatable bonds is 4. The lowest BCUT2D eigenvalue weighted by molar-refractivity contribution is 0.0676. The fourth-order valence-electron chi connectivity index (χ4n) is 3.29. The van der Waals surface area contributed by atoms with Crippen molar-refractivity contribution in [2.75, 3.05) is 27.9 Å². The fourth-order valence-corrected chi connectivity index (χ4v) is 3.29. The Labute approximate surface area is 148 Å². The zero-order valence-corrected chi connectivity index (χ0v) is 15.0. The predicted octanol–water partition coefficient (Wildman–Crippen LogP) is 3.47. The lowest BCUT2D eigenvalue weighted by Crippen LogP contribution is -2.38. The summed E-state index contributed by atoms with van der Waals surface area (Å²) in [6.45, 7) is 2.73. The average molecular weight is 341 g/mol. The van der Waals surface area contributed by atoms with Crippen LogP contribution in [-0.4, -0.2) is 38.7 Å². The number of hydrogen-bond donors (Lipinski definition) is 0. The molecule has 1 aliphatic heterocycles. The summed E-state index contributed by atoms with van der Waals surface area (Å²) in [6.07, 6.45) is 0.830. The number of fused-ring (bicyclic) bond motifs is 1. The summed E-state index contributed by atoms with van der Waals surface area (Å²) in [5, 5.41) is 0. The van der Waals surface area contributed by atoms with E-state index in [4.69, 9.17) is 14.2 Å². The van der Waals surface area contributed by atoms with E-state index in [0.29, 0.717) is 23.6 Å². The Morgan fingerprint density at radius 1 is 0.960 bits per heavy atom. The Bertz CT molecular complexity index is 765. The molecule has 0 fully saturated rings. The SMILES string of the molecule is COc1cc(OC)cc(C(=O)N2CCc3ccc(OC)cc3C2C)c1. The molecule has 1 aliphatic rings. The van der Waals surface area contributed by atoms with E-state index in [0.717, 1.165) is 17.7 Å². The molecule has 0 saturated heterocycles. The van der Waals surface area contributed by atoms with E-state index in [1.54, 1.807) is 39.5 Å². The van der Waals surface area contributed by atoms with Crippen LogP contribution in [0.2, 0.25) is 0 Å². The first-order chi connectivity index (χ1) is 12.1. The number of nitrogens with zero attached hydrogens (tertiary/aromatic N) is 1. The van der Waals surface area contributed by atoms with Crippen LogP contribution in [-0.2, 0) is 6.42 Å².